The second-order valence-electron chi connectivity index (χ2n) is 10.2. The highest BCUT2D eigenvalue weighted by atomic mass is 16.5. The molecule has 0 aromatic heterocycles. The van der Waals surface area contributed by atoms with Gasteiger partial charge in [0.15, 0.2) is 12.4 Å². The van der Waals surface area contributed by atoms with Crippen LogP contribution >= 0.6 is 0 Å². The molecular formula is C23H32O6. The Morgan fingerprint density at radius 2 is 1.79 bits per heavy atom. The first-order valence-corrected chi connectivity index (χ1v) is 10.8. The SMILES string of the molecule is CC(=O)OCC(=O)[C@@]1(O)CC[C@@]2(O)[C@@H]3CCC4=CC(=O)CC[C@]4(C)[C@H]3CC[C@@]21C. The van der Waals surface area contributed by atoms with Crippen LogP contribution in [0.3, 0.4) is 0 Å². The molecule has 29 heavy (non-hydrogen) atoms. The molecule has 4 rings (SSSR count). The average Bonchev–Trinajstić information content (AvgIpc) is 2.89. The Kier molecular flexibility index (Phi) is 4.63. The third-order valence-electron chi connectivity index (χ3n) is 9.16. The number of rotatable bonds is 3. The Morgan fingerprint density at radius 1 is 1.07 bits per heavy atom. The molecule has 3 saturated carbocycles. The topological polar surface area (TPSA) is 101 Å². The highest BCUT2D eigenvalue weighted by molar-refractivity contribution is 5.92. The van der Waals surface area contributed by atoms with E-state index >= 15 is 0 Å². The van der Waals surface area contributed by atoms with Crippen molar-refractivity contribution in [3.8, 4) is 0 Å². The second kappa shape index (κ2) is 6.48. The summed E-state index contributed by atoms with van der Waals surface area (Å²) in [7, 11) is 0. The first-order chi connectivity index (χ1) is 13.5. The Hall–Kier alpha value is -1.53. The third kappa shape index (κ3) is 2.64. The van der Waals surface area contributed by atoms with Crippen LogP contribution in [-0.2, 0) is 19.1 Å². The van der Waals surface area contributed by atoms with Gasteiger partial charge in [-0.3, -0.25) is 14.4 Å². The summed E-state index contributed by atoms with van der Waals surface area (Å²) in [6.45, 7) is 4.83. The molecule has 0 aromatic rings. The highest BCUT2D eigenvalue weighted by Crippen LogP contribution is 2.69. The van der Waals surface area contributed by atoms with Crippen molar-refractivity contribution in [3.63, 3.8) is 0 Å². The lowest BCUT2D eigenvalue weighted by Gasteiger charge is -2.62. The summed E-state index contributed by atoms with van der Waals surface area (Å²) >= 11 is 0. The Morgan fingerprint density at radius 3 is 2.48 bits per heavy atom. The van der Waals surface area contributed by atoms with Crippen LogP contribution in [0.4, 0.5) is 0 Å². The molecule has 0 amide bonds. The minimum Gasteiger partial charge on any atom is -0.458 e. The predicted octanol–water partition coefficient (Wildman–Crippen LogP) is 2.50. The monoisotopic (exact) mass is 404 g/mol. The number of carbonyl (C=O) groups is 3. The molecule has 0 aliphatic heterocycles. The van der Waals surface area contributed by atoms with Crippen LogP contribution in [0, 0.1) is 22.7 Å². The van der Waals surface area contributed by atoms with E-state index in [1.807, 2.05) is 13.0 Å². The lowest BCUT2D eigenvalue weighted by atomic mass is 9.44. The van der Waals surface area contributed by atoms with Gasteiger partial charge in [-0.1, -0.05) is 19.4 Å². The molecule has 0 unspecified atom stereocenters. The summed E-state index contributed by atoms with van der Waals surface area (Å²) in [5.74, 6) is -0.667. The fourth-order valence-electron chi connectivity index (χ4n) is 7.28. The van der Waals surface area contributed by atoms with Gasteiger partial charge in [-0.2, -0.15) is 0 Å². The van der Waals surface area contributed by atoms with Crippen molar-refractivity contribution in [1.82, 2.24) is 0 Å². The van der Waals surface area contributed by atoms with Gasteiger partial charge >= 0.3 is 5.97 Å². The van der Waals surface area contributed by atoms with E-state index in [0.717, 1.165) is 25.7 Å². The van der Waals surface area contributed by atoms with Crippen molar-refractivity contribution in [2.45, 2.75) is 83.3 Å². The van der Waals surface area contributed by atoms with E-state index in [1.165, 1.54) is 12.5 Å². The summed E-state index contributed by atoms with van der Waals surface area (Å²) < 4.78 is 4.87. The molecule has 6 heteroatoms. The maximum Gasteiger partial charge on any atom is 0.303 e. The number of fused-ring (bicyclic) bond motifs is 5. The summed E-state index contributed by atoms with van der Waals surface area (Å²) in [5.41, 5.74) is -2.70. The fourth-order valence-corrected chi connectivity index (χ4v) is 7.28. The lowest BCUT2D eigenvalue weighted by Crippen LogP contribution is -2.66. The van der Waals surface area contributed by atoms with Crippen molar-refractivity contribution >= 4 is 17.5 Å². The van der Waals surface area contributed by atoms with Crippen molar-refractivity contribution < 1.29 is 29.3 Å². The average molecular weight is 405 g/mol. The number of ketones is 2. The van der Waals surface area contributed by atoms with Crippen LogP contribution in [0.25, 0.3) is 0 Å². The summed E-state index contributed by atoms with van der Waals surface area (Å²) in [5, 5.41) is 23.4. The normalized spacial score (nSPS) is 46.2. The zero-order valence-electron chi connectivity index (χ0n) is 17.6. The van der Waals surface area contributed by atoms with Gasteiger partial charge in [-0.05, 0) is 68.3 Å². The molecular weight excluding hydrogens is 372 g/mol. The minimum atomic E-state index is -1.69. The van der Waals surface area contributed by atoms with Crippen molar-refractivity contribution in [2.24, 2.45) is 22.7 Å². The molecule has 160 valence electrons. The molecule has 0 saturated heterocycles. The summed E-state index contributed by atoms with van der Waals surface area (Å²) in [4.78, 5) is 36.0. The molecule has 6 nitrogen and oxygen atoms in total. The van der Waals surface area contributed by atoms with Gasteiger partial charge in [0, 0.05) is 18.8 Å². The molecule has 4 aliphatic rings. The second-order valence-corrected chi connectivity index (χ2v) is 10.2. The quantitative estimate of drug-likeness (QED) is 0.701. The third-order valence-corrected chi connectivity index (χ3v) is 9.16. The summed E-state index contributed by atoms with van der Waals surface area (Å²) in [6, 6.07) is 0. The molecule has 0 heterocycles. The van der Waals surface area contributed by atoms with E-state index in [9.17, 15) is 24.6 Å². The van der Waals surface area contributed by atoms with Gasteiger partial charge in [0.1, 0.15) is 5.60 Å². The maximum atomic E-state index is 12.9. The number of hydrogen-bond acceptors (Lipinski definition) is 6. The standard InChI is InChI=1S/C23H32O6/c1-14(24)29-13-19(26)23(28)11-10-22(27)18-5-4-15-12-16(25)6-8-20(15,2)17(18)7-9-21(22,23)3/h12,17-18,27-28H,4-11,13H2,1-3H3/t17-,18+,20-,21-,22+,23-/m0/s1. The van der Waals surface area contributed by atoms with Crippen LogP contribution in [-0.4, -0.2) is 45.6 Å². The highest BCUT2D eigenvalue weighted by Gasteiger charge is 2.73. The van der Waals surface area contributed by atoms with E-state index in [2.05, 4.69) is 6.92 Å². The van der Waals surface area contributed by atoms with Crippen molar-refractivity contribution in [3.05, 3.63) is 11.6 Å². The van der Waals surface area contributed by atoms with Crippen LogP contribution < -0.4 is 0 Å². The number of allylic oxidation sites excluding steroid dienone is 1. The molecule has 0 bridgehead atoms. The zero-order chi connectivity index (χ0) is 21.2. The van der Waals surface area contributed by atoms with E-state index in [1.54, 1.807) is 0 Å². The molecule has 3 fully saturated rings. The van der Waals surface area contributed by atoms with Gasteiger partial charge < -0.3 is 14.9 Å². The number of esters is 1. The van der Waals surface area contributed by atoms with Crippen LogP contribution in [0.5, 0.6) is 0 Å². The number of Topliss-reactive ketones (excluding diaryl/α,β-unsaturated/α-hetero) is 1. The Labute approximate surface area is 171 Å². The van der Waals surface area contributed by atoms with Crippen LogP contribution in [0.1, 0.15) is 72.1 Å². The number of carbonyl (C=O) groups excluding carboxylic acids is 3. The molecule has 6 atom stereocenters. The fraction of sp³-hybridized carbons (Fsp3) is 0.783. The van der Waals surface area contributed by atoms with E-state index < -0.39 is 35.0 Å². The Balaban J connectivity index is 1.66. The van der Waals surface area contributed by atoms with Crippen molar-refractivity contribution in [2.75, 3.05) is 6.61 Å². The van der Waals surface area contributed by atoms with Gasteiger partial charge in [0.25, 0.3) is 0 Å². The molecule has 0 spiro atoms. The molecule has 4 aliphatic carbocycles. The smallest absolute Gasteiger partial charge is 0.303 e. The lowest BCUT2D eigenvalue weighted by molar-refractivity contribution is -0.218. The van der Waals surface area contributed by atoms with E-state index in [-0.39, 0.29) is 29.5 Å². The predicted molar refractivity (Wildman–Crippen MR) is 105 cm³/mol. The van der Waals surface area contributed by atoms with Crippen LogP contribution in [0.2, 0.25) is 0 Å². The number of hydrogen-bond donors (Lipinski definition) is 2. The van der Waals surface area contributed by atoms with E-state index in [4.69, 9.17) is 4.74 Å². The largest absolute Gasteiger partial charge is 0.458 e. The number of ether oxygens (including phenoxy) is 1. The summed E-state index contributed by atoms with van der Waals surface area (Å²) in [6.07, 6.45) is 6.60. The van der Waals surface area contributed by atoms with Crippen molar-refractivity contribution in [1.29, 1.82) is 0 Å². The zero-order valence-corrected chi connectivity index (χ0v) is 17.6. The van der Waals surface area contributed by atoms with E-state index in [0.29, 0.717) is 19.3 Å². The van der Waals surface area contributed by atoms with Gasteiger partial charge in [0.2, 0.25) is 5.78 Å². The van der Waals surface area contributed by atoms with Gasteiger partial charge in [-0.25, -0.2) is 0 Å². The first-order valence-electron chi connectivity index (χ1n) is 10.8. The van der Waals surface area contributed by atoms with Gasteiger partial charge in [0.05, 0.1) is 5.60 Å². The molecule has 2 N–H and O–H groups in total. The van der Waals surface area contributed by atoms with Crippen LogP contribution in [0.15, 0.2) is 11.6 Å². The molecule has 0 aromatic carbocycles. The molecule has 0 radical (unpaired) electrons. The number of aliphatic hydroxyl groups is 2. The maximum absolute atomic E-state index is 12.9. The first kappa shape index (κ1) is 20.7. The van der Waals surface area contributed by atoms with Gasteiger partial charge in [-0.15, -0.1) is 0 Å². The minimum absolute atomic E-state index is 0.0212. The Bertz CT molecular complexity index is 801.